The number of benzene rings is 1. The Morgan fingerprint density at radius 1 is 1.26 bits per heavy atom. The van der Waals surface area contributed by atoms with Crippen LogP contribution in [0.25, 0.3) is 0 Å². The maximum absolute atomic E-state index is 11.8. The second-order valence-electron chi connectivity index (χ2n) is 4.15. The Hall–Kier alpha value is -3.03. The molecule has 0 radical (unpaired) electrons. The zero-order valence-electron chi connectivity index (χ0n) is 12.9. The number of esters is 2. The van der Waals surface area contributed by atoms with E-state index >= 15 is 0 Å². The third kappa shape index (κ3) is 5.03. The molecule has 0 spiro atoms. The molecule has 23 heavy (non-hydrogen) atoms. The molecular formula is C15H17NO7. The van der Waals surface area contributed by atoms with Crippen molar-refractivity contribution in [2.45, 2.75) is 6.92 Å². The van der Waals surface area contributed by atoms with Crippen LogP contribution in [0, 0.1) is 0 Å². The number of ether oxygens (including phenoxy) is 3. The lowest BCUT2D eigenvalue weighted by atomic mass is 10.1. The Morgan fingerprint density at radius 2 is 1.96 bits per heavy atom. The van der Waals surface area contributed by atoms with Gasteiger partial charge in [-0.1, -0.05) is 0 Å². The van der Waals surface area contributed by atoms with E-state index in [9.17, 15) is 14.4 Å². The molecule has 0 atom stereocenters. The molecule has 0 amide bonds. The van der Waals surface area contributed by atoms with Crippen molar-refractivity contribution >= 4 is 23.6 Å². The molecule has 0 bridgehead atoms. The van der Waals surface area contributed by atoms with Crippen LogP contribution < -0.4 is 10.1 Å². The second kappa shape index (κ2) is 8.42. The summed E-state index contributed by atoms with van der Waals surface area (Å²) in [5.41, 5.74) is 0.116. The van der Waals surface area contributed by atoms with E-state index in [2.05, 4.69) is 10.1 Å². The average Bonchev–Trinajstić information content (AvgIpc) is 2.53. The van der Waals surface area contributed by atoms with Crippen molar-refractivity contribution in [3.8, 4) is 5.75 Å². The fraction of sp³-hybridized carbons (Fsp3) is 0.267. The van der Waals surface area contributed by atoms with E-state index in [4.69, 9.17) is 14.6 Å². The third-order valence-electron chi connectivity index (χ3n) is 2.65. The van der Waals surface area contributed by atoms with Crippen molar-refractivity contribution in [1.82, 2.24) is 0 Å². The van der Waals surface area contributed by atoms with Gasteiger partial charge >= 0.3 is 17.9 Å². The Bertz CT molecular complexity index is 637. The number of carbonyl (C=O) groups excluding carboxylic acids is 2. The SMILES string of the molecule is CCOC(=O)C(=CC(=O)O)Nc1cc(C(=O)OC)ccc1OC. The van der Waals surface area contributed by atoms with Crippen molar-refractivity contribution in [3.63, 3.8) is 0 Å². The Labute approximate surface area is 132 Å². The van der Waals surface area contributed by atoms with Crippen LogP contribution in [0.2, 0.25) is 0 Å². The lowest BCUT2D eigenvalue weighted by Gasteiger charge is -2.14. The minimum absolute atomic E-state index is 0.0802. The predicted octanol–water partition coefficient (Wildman–Crippen LogP) is 1.43. The minimum atomic E-state index is -1.33. The molecule has 0 fully saturated rings. The highest BCUT2D eigenvalue weighted by Gasteiger charge is 2.17. The van der Waals surface area contributed by atoms with E-state index in [1.807, 2.05) is 0 Å². The molecule has 0 aliphatic rings. The number of anilines is 1. The van der Waals surface area contributed by atoms with Crippen LogP contribution in [-0.2, 0) is 19.1 Å². The molecule has 1 aromatic carbocycles. The number of hydrogen-bond acceptors (Lipinski definition) is 7. The standard InChI is InChI=1S/C15H17NO7/c1-4-23-15(20)11(8-13(17)18)16-10-7-9(14(19)22-3)5-6-12(10)21-2/h5-8,16H,4H2,1-3H3,(H,17,18). The predicted molar refractivity (Wildman–Crippen MR) is 80.3 cm³/mol. The minimum Gasteiger partial charge on any atom is -0.495 e. The molecule has 0 aromatic heterocycles. The highest BCUT2D eigenvalue weighted by Crippen LogP contribution is 2.27. The van der Waals surface area contributed by atoms with Gasteiger partial charge in [-0.15, -0.1) is 0 Å². The van der Waals surface area contributed by atoms with Gasteiger partial charge in [0.15, 0.2) is 0 Å². The van der Waals surface area contributed by atoms with E-state index in [0.717, 1.165) is 0 Å². The monoisotopic (exact) mass is 323 g/mol. The Balaban J connectivity index is 3.23. The van der Waals surface area contributed by atoms with Crippen molar-refractivity contribution in [3.05, 3.63) is 35.5 Å². The first-order valence-electron chi connectivity index (χ1n) is 6.58. The Kier molecular flexibility index (Phi) is 6.60. The van der Waals surface area contributed by atoms with Gasteiger partial charge in [0.2, 0.25) is 0 Å². The average molecular weight is 323 g/mol. The molecular weight excluding hydrogens is 306 g/mol. The number of aliphatic carboxylic acids is 1. The molecule has 0 saturated carbocycles. The van der Waals surface area contributed by atoms with E-state index < -0.39 is 17.9 Å². The van der Waals surface area contributed by atoms with Crippen LogP contribution in [0.15, 0.2) is 30.0 Å². The molecule has 0 unspecified atom stereocenters. The molecule has 0 aliphatic heterocycles. The summed E-state index contributed by atoms with van der Waals surface area (Å²) in [6.07, 6.45) is 0.669. The summed E-state index contributed by atoms with van der Waals surface area (Å²) < 4.78 is 14.5. The molecule has 0 saturated heterocycles. The third-order valence-corrected chi connectivity index (χ3v) is 2.65. The summed E-state index contributed by atoms with van der Waals surface area (Å²) in [4.78, 5) is 34.2. The molecule has 0 aliphatic carbocycles. The van der Waals surface area contributed by atoms with Gasteiger partial charge in [0.1, 0.15) is 11.4 Å². The molecule has 1 aromatic rings. The maximum Gasteiger partial charge on any atom is 0.355 e. The quantitative estimate of drug-likeness (QED) is 0.572. The molecule has 124 valence electrons. The number of rotatable bonds is 7. The van der Waals surface area contributed by atoms with Gasteiger partial charge in [-0.25, -0.2) is 14.4 Å². The molecule has 8 heteroatoms. The summed E-state index contributed by atoms with van der Waals surface area (Å²) in [5, 5.41) is 11.5. The van der Waals surface area contributed by atoms with Crippen LogP contribution in [0.4, 0.5) is 5.69 Å². The van der Waals surface area contributed by atoms with E-state index in [1.54, 1.807) is 6.92 Å². The number of carboxylic acids is 1. The first-order valence-corrected chi connectivity index (χ1v) is 6.58. The van der Waals surface area contributed by atoms with Gasteiger partial charge in [0.05, 0.1) is 38.2 Å². The van der Waals surface area contributed by atoms with E-state index in [0.29, 0.717) is 11.8 Å². The fourth-order valence-electron chi connectivity index (χ4n) is 1.67. The van der Waals surface area contributed by atoms with Crippen molar-refractivity contribution < 1.29 is 33.7 Å². The fourth-order valence-corrected chi connectivity index (χ4v) is 1.67. The summed E-state index contributed by atoms with van der Waals surface area (Å²) in [5.74, 6) is -2.46. The zero-order valence-corrected chi connectivity index (χ0v) is 12.9. The van der Waals surface area contributed by atoms with Gasteiger partial charge in [-0.05, 0) is 25.1 Å². The van der Waals surface area contributed by atoms with E-state index in [-0.39, 0.29) is 23.6 Å². The number of carboxylic acid groups (broad SMARTS) is 1. The molecule has 8 nitrogen and oxygen atoms in total. The number of hydrogen-bond donors (Lipinski definition) is 2. The summed E-state index contributed by atoms with van der Waals surface area (Å²) >= 11 is 0. The lowest BCUT2D eigenvalue weighted by Crippen LogP contribution is -2.17. The van der Waals surface area contributed by atoms with Crippen LogP contribution in [0.5, 0.6) is 5.75 Å². The van der Waals surface area contributed by atoms with Gasteiger partial charge in [-0.2, -0.15) is 0 Å². The number of carbonyl (C=O) groups is 3. The van der Waals surface area contributed by atoms with Crippen LogP contribution in [0.3, 0.4) is 0 Å². The smallest absolute Gasteiger partial charge is 0.355 e. The van der Waals surface area contributed by atoms with Crippen LogP contribution in [-0.4, -0.2) is 43.8 Å². The Morgan fingerprint density at radius 3 is 2.48 bits per heavy atom. The van der Waals surface area contributed by atoms with Crippen molar-refractivity contribution in [1.29, 1.82) is 0 Å². The summed E-state index contributed by atoms with van der Waals surface area (Å²) in [6, 6.07) is 4.33. The largest absolute Gasteiger partial charge is 0.495 e. The van der Waals surface area contributed by atoms with Gasteiger partial charge in [-0.3, -0.25) is 0 Å². The molecule has 0 heterocycles. The van der Waals surface area contributed by atoms with Gasteiger partial charge in [0.25, 0.3) is 0 Å². The van der Waals surface area contributed by atoms with E-state index in [1.165, 1.54) is 32.4 Å². The molecule has 2 N–H and O–H groups in total. The highest BCUT2D eigenvalue weighted by atomic mass is 16.5. The van der Waals surface area contributed by atoms with Crippen LogP contribution >= 0.6 is 0 Å². The van der Waals surface area contributed by atoms with Crippen molar-refractivity contribution in [2.24, 2.45) is 0 Å². The zero-order chi connectivity index (χ0) is 17.4. The van der Waals surface area contributed by atoms with Gasteiger partial charge in [0, 0.05) is 0 Å². The highest BCUT2D eigenvalue weighted by molar-refractivity contribution is 5.99. The first-order chi connectivity index (χ1) is 10.9. The number of nitrogens with one attached hydrogen (secondary N) is 1. The maximum atomic E-state index is 11.8. The first kappa shape index (κ1) is 18.0. The summed E-state index contributed by atoms with van der Waals surface area (Å²) in [7, 11) is 2.62. The summed E-state index contributed by atoms with van der Waals surface area (Å²) in [6.45, 7) is 1.67. The molecule has 1 rings (SSSR count). The lowest BCUT2D eigenvalue weighted by molar-refractivity contribution is -0.139. The second-order valence-corrected chi connectivity index (χ2v) is 4.15. The van der Waals surface area contributed by atoms with Crippen LogP contribution in [0.1, 0.15) is 17.3 Å². The van der Waals surface area contributed by atoms with Crippen molar-refractivity contribution in [2.75, 3.05) is 26.1 Å². The number of methoxy groups -OCH3 is 2. The normalized spacial score (nSPS) is 10.7. The topological polar surface area (TPSA) is 111 Å². The van der Waals surface area contributed by atoms with Gasteiger partial charge < -0.3 is 24.6 Å².